The molecule has 0 aromatic heterocycles. The maximum Gasteiger partial charge on any atom is 0.224 e. The van der Waals surface area contributed by atoms with Crippen LogP contribution in [0.4, 0.5) is 0 Å². The molecule has 0 spiro atoms. The fourth-order valence-electron chi connectivity index (χ4n) is 1.46. The van der Waals surface area contributed by atoms with Gasteiger partial charge in [0.1, 0.15) is 0 Å². The summed E-state index contributed by atoms with van der Waals surface area (Å²) < 4.78 is 0. The molecule has 0 heterocycles. The molecule has 0 aliphatic heterocycles. The van der Waals surface area contributed by atoms with E-state index in [1.807, 2.05) is 6.92 Å². The summed E-state index contributed by atoms with van der Waals surface area (Å²) in [6.07, 6.45) is 3.23. The molecule has 4 nitrogen and oxygen atoms in total. The highest BCUT2D eigenvalue weighted by molar-refractivity contribution is 5.92. The van der Waals surface area contributed by atoms with Crippen LogP contribution in [0.15, 0.2) is 12.7 Å². The lowest BCUT2D eigenvalue weighted by Crippen LogP contribution is -2.30. The number of hydrogen-bond acceptors (Lipinski definition) is 2. The van der Waals surface area contributed by atoms with Gasteiger partial charge in [0.05, 0.1) is 11.8 Å². The molecule has 15 heavy (non-hydrogen) atoms. The van der Waals surface area contributed by atoms with Gasteiger partial charge in [0.2, 0.25) is 11.8 Å². The molecule has 0 radical (unpaired) electrons. The van der Waals surface area contributed by atoms with E-state index >= 15 is 0 Å². The van der Waals surface area contributed by atoms with E-state index in [1.54, 1.807) is 6.08 Å². The zero-order valence-electron chi connectivity index (χ0n) is 9.08. The third-order valence-electron chi connectivity index (χ3n) is 2.43. The maximum atomic E-state index is 11.4. The average molecular weight is 210 g/mol. The van der Waals surface area contributed by atoms with Crippen LogP contribution in [-0.4, -0.2) is 24.9 Å². The second-order valence-corrected chi connectivity index (χ2v) is 3.77. The predicted octanol–water partition coefficient (Wildman–Crippen LogP) is 0.451. The minimum atomic E-state index is -0.123. The van der Waals surface area contributed by atoms with Crippen LogP contribution in [0.2, 0.25) is 0 Å². The van der Waals surface area contributed by atoms with Gasteiger partial charge in [-0.1, -0.05) is 13.0 Å². The Hall–Kier alpha value is -1.32. The van der Waals surface area contributed by atoms with Crippen LogP contribution in [0, 0.1) is 11.8 Å². The first kappa shape index (κ1) is 11.8. The Kier molecular flexibility index (Phi) is 4.34. The van der Waals surface area contributed by atoms with Gasteiger partial charge in [0.15, 0.2) is 0 Å². The van der Waals surface area contributed by atoms with Gasteiger partial charge in [-0.25, -0.2) is 0 Å². The van der Waals surface area contributed by atoms with Gasteiger partial charge in [-0.05, 0) is 12.8 Å². The van der Waals surface area contributed by atoms with Crippen LogP contribution in [0.25, 0.3) is 0 Å². The van der Waals surface area contributed by atoms with E-state index < -0.39 is 0 Å². The highest BCUT2D eigenvalue weighted by Gasteiger charge is 2.47. The van der Waals surface area contributed by atoms with E-state index in [4.69, 9.17) is 0 Å². The number of amides is 2. The number of rotatable bonds is 6. The smallest absolute Gasteiger partial charge is 0.224 e. The van der Waals surface area contributed by atoms with E-state index in [0.29, 0.717) is 19.5 Å². The van der Waals surface area contributed by atoms with Gasteiger partial charge in [0.25, 0.3) is 0 Å². The van der Waals surface area contributed by atoms with Crippen molar-refractivity contribution in [3.05, 3.63) is 12.7 Å². The van der Waals surface area contributed by atoms with Gasteiger partial charge in [-0.2, -0.15) is 0 Å². The van der Waals surface area contributed by atoms with Crippen molar-refractivity contribution >= 4 is 11.8 Å². The third-order valence-corrected chi connectivity index (χ3v) is 2.43. The van der Waals surface area contributed by atoms with Crippen molar-refractivity contribution in [2.45, 2.75) is 19.8 Å². The Morgan fingerprint density at radius 1 is 1.33 bits per heavy atom. The van der Waals surface area contributed by atoms with Crippen molar-refractivity contribution in [1.29, 1.82) is 0 Å². The first-order valence-electron chi connectivity index (χ1n) is 5.37. The van der Waals surface area contributed by atoms with E-state index in [1.165, 1.54) is 0 Å². The lowest BCUT2D eigenvalue weighted by atomic mass is 10.2. The van der Waals surface area contributed by atoms with E-state index in [-0.39, 0.29) is 23.7 Å². The second-order valence-electron chi connectivity index (χ2n) is 3.77. The topological polar surface area (TPSA) is 58.2 Å². The molecular formula is C11H18N2O2. The van der Waals surface area contributed by atoms with Gasteiger partial charge < -0.3 is 10.6 Å². The van der Waals surface area contributed by atoms with Crippen molar-refractivity contribution in [2.75, 3.05) is 13.1 Å². The third kappa shape index (κ3) is 3.38. The molecule has 4 heteroatoms. The second kappa shape index (κ2) is 5.53. The van der Waals surface area contributed by atoms with Crippen molar-refractivity contribution in [3.63, 3.8) is 0 Å². The van der Waals surface area contributed by atoms with E-state index in [2.05, 4.69) is 17.2 Å². The summed E-state index contributed by atoms with van der Waals surface area (Å²) in [6, 6.07) is 0. The summed E-state index contributed by atoms with van der Waals surface area (Å²) in [5.41, 5.74) is 0. The molecule has 1 rings (SSSR count). The quantitative estimate of drug-likeness (QED) is 0.625. The molecular weight excluding hydrogens is 192 g/mol. The molecule has 0 saturated heterocycles. The molecule has 84 valence electrons. The Balaban J connectivity index is 2.23. The highest BCUT2D eigenvalue weighted by Crippen LogP contribution is 2.38. The maximum absolute atomic E-state index is 11.4. The van der Waals surface area contributed by atoms with Crippen molar-refractivity contribution in [1.82, 2.24) is 10.6 Å². The molecule has 1 saturated carbocycles. The zero-order valence-corrected chi connectivity index (χ0v) is 9.08. The van der Waals surface area contributed by atoms with E-state index in [0.717, 1.165) is 6.42 Å². The lowest BCUT2D eigenvalue weighted by molar-refractivity contribution is -0.127. The molecule has 1 aliphatic rings. The van der Waals surface area contributed by atoms with Crippen LogP contribution < -0.4 is 10.6 Å². The standard InChI is InChI=1S/C11H18N2O2/c1-3-5-12-10(14)8-7-9(8)11(15)13-6-4-2/h3,8-9H,1,4-7H2,2H3,(H,12,14)(H,13,15). The van der Waals surface area contributed by atoms with Crippen molar-refractivity contribution in [2.24, 2.45) is 11.8 Å². The molecule has 2 amide bonds. The molecule has 0 bridgehead atoms. The van der Waals surface area contributed by atoms with Crippen LogP contribution in [0.5, 0.6) is 0 Å². The average Bonchev–Trinajstić information content (AvgIpc) is 3.02. The molecule has 0 aromatic carbocycles. The van der Waals surface area contributed by atoms with Crippen LogP contribution >= 0.6 is 0 Å². The largest absolute Gasteiger partial charge is 0.356 e. The van der Waals surface area contributed by atoms with Crippen LogP contribution in [0.1, 0.15) is 19.8 Å². The summed E-state index contributed by atoms with van der Waals surface area (Å²) in [7, 11) is 0. The molecule has 2 atom stereocenters. The Labute approximate surface area is 90.1 Å². The minimum absolute atomic E-state index is 0.00982. The minimum Gasteiger partial charge on any atom is -0.356 e. The van der Waals surface area contributed by atoms with Crippen molar-refractivity contribution < 1.29 is 9.59 Å². The SMILES string of the molecule is C=CCNC(=O)C1CC1C(=O)NCCC. The van der Waals surface area contributed by atoms with Gasteiger partial charge in [-0.3, -0.25) is 9.59 Å². The predicted molar refractivity (Wildman–Crippen MR) is 58.1 cm³/mol. The van der Waals surface area contributed by atoms with Gasteiger partial charge in [0, 0.05) is 13.1 Å². The normalized spacial score (nSPS) is 23.0. The molecule has 2 unspecified atom stereocenters. The fraction of sp³-hybridized carbons (Fsp3) is 0.636. The summed E-state index contributed by atoms with van der Waals surface area (Å²) in [4.78, 5) is 22.9. The number of carbonyl (C=O) groups is 2. The van der Waals surface area contributed by atoms with Crippen molar-refractivity contribution in [3.8, 4) is 0 Å². The first-order valence-corrected chi connectivity index (χ1v) is 5.37. The number of carbonyl (C=O) groups excluding carboxylic acids is 2. The first-order chi connectivity index (χ1) is 7.20. The monoisotopic (exact) mass is 210 g/mol. The molecule has 0 aromatic rings. The highest BCUT2D eigenvalue weighted by atomic mass is 16.2. The summed E-state index contributed by atoms with van der Waals surface area (Å²) in [5.74, 6) is -0.259. The number of hydrogen-bond donors (Lipinski definition) is 2. The summed E-state index contributed by atoms with van der Waals surface area (Å²) in [6.45, 7) is 6.68. The Morgan fingerprint density at radius 2 is 1.93 bits per heavy atom. The number of nitrogens with one attached hydrogen (secondary N) is 2. The lowest BCUT2D eigenvalue weighted by Gasteiger charge is -2.03. The Bertz CT molecular complexity index is 263. The molecule has 2 N–H and O–H groups in total. The zero-order chi connectivity index (χ0) is 11.3. The van der Waals surface area contributed by atoms with Gasteiger partial charge >= 0.3 is 0 Å². The summed E-state index contributed by atoms with van der Waals surface area (Å²) in [5, 5.41) is 5.49. The fourth-order valence-corrected chi connectivity index (χ4v) is 1.46. The van der Waals surface area contributed by atoms with Crippen LogP contribution in [0.3, 0.4) is 0 Å². The molecule has 1 fully saturated rings. The van der Waals surface area contributed by atoms with Crippen LogP contribution in [-0.2, 0) is 9.59 Å². The van der Waals surface area contributed by atoms with Gasteiger partial charge in [-0.15, -0.1) is 6.58 Å². The molecule has 1 aliphatic carbocycles. The van der Waals surface area contributed by atoms with E-state index in [9.17, 15) is 9.59 Å². The summed E-state index contributed by atoms with van der Waals surface area (Å²) >= 11 is 0. The Morgan fingerprint density at radius 3 is 2.47 bits per heavy atom.